The van der Waals surface area contributed by atoms with E-state index in [0.717, 1.165) is 37.4 Å². The zero-order valence-corrected chi connectivity index (χ0v) is 19.3. The third-order valence-corrected chi connectivity index (χ3v) is 7.47. The van der Waals surface area contributed by atoms with E-state index >= 15 is 0 Å². The van der Waals surface area contributed by atoms with Crippen LogP contribution >= 0.6 is 0 Å². The first-order valence-electron chi connectivity index (χ1n) is 10.4. The monoisotopic (exact) mass is 522 g/mol. The van der Waals surface area contributed by atoms with E-state index in [1.54, 1.807) is 0 Å². The molecule has 0 radical (unpaired) electrons. The summed E-state index contributed by atoms with van der Waals surface area (Å²) in [6.45, 7) is 0.869. The van der Waals surface area contributed by atoms with E-state index in [4.69, 9.17) is 4.74 Å². The molecule has 190 valence electrons. The molecule has 1 saturated heterocycles. The van der Waals surface area contributed by atoms with Gasteiger partial charge in [-0.05, 0) is 49.6 Å². The molecule has 0 bridgehead atoms. The minimum absolute atomic E-state index is 0.0117. The molecule has 2 unspecified atom stereocenters. The molecule has 1 aliphatic heterocycles. The van der Waals surface area contributed by atoms with Crippen molar-refractivity contribution < 1.29 is 44.3 Å². The summed E-state index contributed by atoms with van der Waals surface area (Å²) in [4.78, 5) is 18.1. The van der Waals surface area contributed by atoms with Crippen LogP contribution in [-0.4, -0.2) is 55.8 Å². The Balaban J connectivity index is 1.65. The number of pyridine rings is 1. The fraction of sp³-hybridized carbons (Fsp3) is 0.455. The van der Waals surface area contributed by atoms with Crippen LogP contribution in [0.25, 0.3) is 0 Å². The largest absolute Gasteiger partial charge is 0.480 e. The van der Waals surface area contributed by atoms with Gasteiger partial charge >= 0.3 is 12.4 Å². The van der Waals surface area contributed by atoms with Crippen LogP contribution in [0.15, 0.2) is 41.3 Å². The Kier molecular flexibility index (Phi) is 5.85. The Morgan fingerprint density at radius 1 is 1.17 bits per heavy atom. The molecule has 2 heterocycles. The average Bonchev–Trinajstić information content (AvgIpc) is 3.32. The molecule has 1 saturated carbocycles. The molecule has 2 aliphatic rings. The van der Waals surface area contributed by atoms with Crippen molar-refractivity contribution in [2.24, 2.45) is 5.92 Å². The number of alkyl halides is 6. The lowest BCUT2D eigenvalue weighted by atomic mass is 10.00. The number of hydrogen-bond donors (Lipinski definition) is 0. The summed E-state index contributed by atoms with van der Waals surface area (Å²) < 4.78 is 107. The van der Waals surface area contributed by atoms with E-state index in [1.807, 2.05) is 0 Å². The number of halogens is 6. The molecule has 13 heteroatoms. The summed E-state index contributed by atoms with van der Waals surface area (Å²) in [6.07, 6.45) is -10.3. The summed E-state index contributed by atoms with van der Waals surface area (Å²) in [5.74, 6) is -1.41. The van der Waals surface area contributed by atoms with Crippen LogP contribution in [0.2, 0.25) is 0 Å². The van der Waals surface area contributed by atoms with Crippen molar-refractivity contribution >= 4 is 15.7 Å². The van der Waals surface area contributed by atoms with Crippen LogP contribution in [-0.2, 0) is 21.4 Å². The van der Waals surface area contributed by atoms with Crippen molar-refractivity contribution in [3.05, 3.63) is 53.3 Å². The first-order chi connectivity index (χ1) is 16.0. The number of likely N-dealkylation sites (tertiary alicyclic amines) is 1. The number of ether oxygens (including phenoxy) is 1. The molecule has 1 amide bonds. The predicted octanol–water partition coefficient (Wildman–Crippen LogP) is 4.25. The van der Waals surface area contributed by atoms with Gasteiger partial charge in [-0.1, -0.05) is 6.07 Å². The molecule has 0 spiro atoms. The smallest absolute Gasteiger partial charge is 0.433 e. The van der Waals surface area contributed by atoms with Crippen molar-refractivity contribution in [1.82, 2.24) is 9.88 Å². The minimum atomic E-state index is -4.73. The fourth-order valence-electron chi connectivity index (χ4n) is 4.34. The van der Waals surface area contributed by atoms with Gasteiger partial charge in [-0.3, -0.25) is 4.79 Å². The zero-order valence-electron chi connectivity index (χ0n) is 18.4. The highest BCUT2D eigenvalue weighted by molar-refractivity contribution is 7.90. The molecular weight excluding hydrogens is 502 g/mol. The number of carbonyl (C=O) groups excluding carboxylic acids is 1. The van der Waals surface area contributed by atoms with Crippen LogP contribution in [0.5, 0.6) is 5.75 Å². The van der Waals surface area contributed by atoms with Crippen molar-refractivity contribution in [3.63, 3.8) is 0 Å². The third kappa shape index (κ3) is 4.82. The Labute approximate surface area is 196 Å². The highest BCUT2D eigenvalue weighted by Gasteiger charge is 2.63. The van der Waals surface area contributed by atoms with Crippen LogP contribution in [0.3, 0.4) is 0 Å². The molecule has 3 atom stereocenters. The number of piperidine rings is 1. The molecule has 1 aromatic heterocycles. The van der Waals surface area contributed by atoms with E-state index in [0.29, 0.717) is 6.42 Å². The minimum Gasteiger partial charge on any atom is -0.480 e. The van der Waals surface area contributed by atoms with Gasteiger partial charge in [0.1, 0.15) is 11.4 Å². The summed E-state index contributed by atoms with van der Waals surface area (Å²) >= 11 is 0. The maximum atomic E-state index is 13.3. The number of aromatic nitrogens is 1. The number of carbonyl (C=O) groups is 1. The molecule has 0 N–H and O–H groups in total. The van der Waals surface area contributed by atoms with E-state index in [-0.39, 0.29) is 35.2 Å². The van der Waals surface area contributed by atoms with Crippen LogP contribution in [0, 0.1) is 5.92 Å². The van der Waals surface area contributed by atoms with Crippen molar-refractivity contribution in [2.75, 3.05) is 19.3 Å². The van der Waals surface area contributed by atoms with Gasteiger partial charge in [0.15, 0.2) is 15.9 Å². The number of hydrogen-bond acceptors (Lipinski definition) is 5. The van der Waals surface area contributed by atoms with Gasteiger partial charge in [0.25, 0.3) is 5.91 Å². The quantitative estimate of drug-likeness (QED) is 0.549. The average molecular weight is 522 g/mol. The number of sulfone groups is 1. The molecule has 4 rings (SSSR count). The SMILES string of the molecule is C[C@H](Oc1ccc(S(C)(=O)=O)cc1C(=O)N1CC2CC2(c2cccc(C(F)(F)F)n2)C1)C(F)(F)F. The maximum absolute atomic E-state index is 13.3. The first-order valence-corrected chi connectivity index (χ1v) is 12.3. The number of benzene rings is 1. The second kappa shape index (κ2) is 8.10. The fourth-order valence-corrected chi connectivity index (χ4v) is 4.99. The zero-order chi connectivity index (χ0) is 26.0. The van der Waals surface area contributed by atoms with Crippen LogP contribution < -0.4 is 4.74 Å². The Hall–Kier alpha value is -2.83. The summed E-state index contributed by atoms with van der Waals surface area (Å²) in [5, 5.41) is 0. The van der Waals surface area contributed by atoms with Gasteiger partial charge < -0.3 is 9.64 Å². The van der Waals surface area contributed by atoms with Crippen molar-refractivity contribution in [2.45, 2.75) is 42.1 Å². The Bertz CT molecular complexity index is 1280. The normalized spacial score (nSPS) is 23.1. The van der Waals surface area contributed by atoms with Crippen molar-refractivity contribution in [1.29, 1.82) is 0 Å². The maximum Gasteiger partial charge on any atom is 0.433 e. The van der Waals surface area contributed by atoms with Crippen LogP contribution in [0.4, 0.5) is 26.3 Å². The van der Waals surface area contributed by atoms with E-state index < -0.39 is 51.1 Å². The Morgan fingerprint density at radius 2 is 1.86 bits per heavy atom. The Morgan fingerprint density at radius 3 is 2.46 bits per heavy atom. The predicted molar refractivity (Wildman–Crippen MR) is 111 cm³/mol. The lowest BCUT2D eigenvalue weighted by Crippen LogP contribution is -2.35. The van der Waals surface area contributed by atoms with Gasteiger partial charge in [0, 0.05) is 30.5 Å². The summed E-state index contributed by atoms with van der Waals surface area (Å²) in [6, 6.07) is 6.52. The number of amides is 1. The summed E-state index contributed by atoms with van der Waals surface area (Å²) in [7, 11) is -3.80. The molecule has 35 heavy (non-hydrogen) atoms. The third-order valence-electron chi connectivity index (χ3n) is 6.36. The first kappa shape index (κ1) is 25.3. The molecular formula is C22H20F6N2O4S. The lowest BCUT2D eigenvalue weighted by Gasteiger charge is -2.24. The summed E-state index contributed by atoms with van der Waals surface area (Å²) in [5.41, 5.74) is -2.05. The second-order valence-electron chi connectivity index (χ2n) is 8.88. The standard InChI is InChI=1S/C22H20F6N2O4S/c1-12(21(23,24)25)34-16-7-6-14(35(2,32)33)8-15(16)19(31)30-10-13-9-20(13,11-30)17-4-3-5-18(29-17)22(26,27)28/h3-8,12-13H,9-11H2,1-2H3/t12-,13?,20?/m0/s1. The highest BCUT2D eigenvalue weighted by atomic mass is 32.2. The topological polar surface area (TPSA) is 76.6 Å². The molecule has 6 nitrogen and oxygen atoms in total. The number of rotatable bonds is 5. The van der Waals surface area contributed by atoms with Gasteiger partial charge in [-0.15, -0.1) is 0 Å². The van der Waals surface area contributed by atoms with E-state index in [1.165, 1.54) is 17.0 Å². The van der Waals surface area contributed by atoms with Gasteiger partial charge in [0.2, 0.25) is 0 Å². The van der Waals surface area contributed by atoms with Gasteiger partial charge in [-0.25, -0.2) is 13.4 Å². The van der Waals surface area contributed by atoms with Gasteiger partial charge in [-0.2, -0.15) is 26.3 Å². The number of fused-ring (bicyclic) bond motifs is 1. The molecule has 2 aromatic rings. The van der Waals surface area contributed by atoms with E-state index in [2.05, 4.69) is 4.98 Å². The van der Waals surface area contributed by atoms with Crippen LogP contribution in [0.1, 0.15) is 35.1 Å². The van der Waals surface area contributed by atoms with Gasteiger partial charge in [0.05, 0.1) is 10.5 Å². The van der Waals surface area contributed by atoms with Crippen molar-refractivity contribution in [3.8, 4) is 5.75 Å². The molecule has 1 aromatic carbocycles. The highest BCUT2D eigenvalue weighted by Crippen LogP contribution is 2.59. The molecule has 1 aliphatic carbocycles. The second-order valence-corrected chi connectivity index (χ2v) is 10.9. The lowest BCUT2D eigenvalue weighted by molar-refractivity contribution is -0.189. The van der Waals surface area contributed by atoms with E-state index in [9.17, 15) is 39.6 Å². The number of nitrogens with zero attached hydrogens (tertiary/aromatic N) is 2. The molecule has 2 fully saturated rings.